The van der Waals surface area contributed by atoms with E-state index >= 15 is 0 Å². The van der Waals surface area contributed by atoms with E-state index in [0.717, 1.165) is 42.9 Å². The summed E-state index contributed by atoms with van der Waals surface area (Å²) in [7, 11) is 2.82. The van der Waals surface area contributed by atoms with E-state index in [0.29, 0.717) is 31.7 Å². The molecule has 3 aromatic carbocycles. The average molecular weight is 600 g/mol. The molecule has 0 heterocycles. The second-order valence-electron chi connectivity index (χ2n) is 12.0. The second-order valence-corrected chi connectivity index (χ2v) is 12.0. The molecular formula is C38H49NO5. The third-order valence-corrected chi connectivity index (χ3v) is 8.75. The van der Waals surface area contributed by atoms with Gasteiger partial charge in [-0.05, 0) is 72.5 Å². The number of carbonyl (C=O) groups excluding carboxylic acids is 2. The maximum Gasteiger partial charge on any atom is 0.337 e. The van der Waals surface area contributed by atoms with Gasteiger partial charge in [0.05, 0.1) is 32.5 Å². The normalized spacial score (nSPS) is 14.3. The maximum absolute atomic E-state index is 11.9. The Hall–Kier alpha value is -3.48. The van der Waals surface area contributed by atoms with Gasteiger partial charge in [-0.1, -0.05) is 98.8 Å². The molecule has 1 aliphatic carbocycles. The van der Waals surface area contributed by atoms with Crippen LogP contribution in [0.1, 0.15) is 96.5 Å². The molecular weight excluding hydrogens is 550 g/mol. The Labute approximate surface area is 263 Å². The Morgan fingerprint density at radius 1 is 0.795 bits per heavy atom. The molecule has 1 atom stereocenters. The number of methoxy groups -OCH3 is 2. The number of aryl methyl sites for hydroxylation is 1. The molecule has 6 nitrogen and oxygen atoms in total. The van der Waals surface area contributed by atoms with Crippen molar-refractivity contribution in [3.63, 3.8) is 0 Å². The van der Waals surface area contributed by atoms with E-state index in [1.54, 1.807) is 12.1 Å². The third kappa shape index (κ3) is 11.2. The van der Waals surface area contributed by atoms with Crippen molar-refractivity contribution < 1.29 is 23.8 Å². The van der Waals surface area contributed by atoms with Gasteiger partial charge in [0, 0.05) is 19.5 Å². The number of carbonyl (C=O) groups is 2. The van der Waals surface area contributed by atoms with Gasteiger partial charge in [0.25, 0.3) is 0 Å². The minimum Gasteiger partial charge on any atom is -0.469 e. The summed E-state index contributed by atoms with van der Waals surface area (Å²) in [5.74, 6) is 0.374. The molecule has 0 bridgehead atoms. The number of nitrogens with zero attached hydrogens (tertiary/aromatic N) is 1. The maximum atomic E-state index is 11.9. The number of hydrogen-bond acceptors (Lipinski definition) is 6. The molecule has 1 fully saturated rings. The fourth-order valence-electron chi connectivity index (χ4n) is 6.07. The van der Waals surface area contributed by atoms with Crippen molar-refractivity contribution in [2.45, 2.75) is 83.5 Å². The summed E-state index contributed by atoms with van der Waals surface area (Å²) in [4.78, 5) is 26.0. The first-order chi connectivity index (χ1) is 21.5. The molecule has 44 heavy (non-hydrogen) atoms. The zero-order valence-electron chi connectivity index (χ0n) is 26.5. The van der Waals surface area contributed by atoms with Crippen LogP contribution in [0.4, 0.5) is 0 Å². The number of ether oxygens (including phenoxy) is 3. The van der Waals surface area contributed by atoms with E-state index in [2.05, 4.69) is 53.4 Å². The summed E-state index contributed by atoms with van der Waals surface area (Å²) in [5.41, 5.74) is 5.36. The van der Waals surface area contributed by atoms with Crippen molar-refractivity contribution in [3.8, 4) is 0 Å². The Morgan fingerprint density at radius 3 is 2.16 bits per heavy atom. The van der Waals surface area contributed by atoms with Gasteiger partial charge < -0.3 is 14.2 Å². The molecule has 0 aliphatic heterocycles. The summed E-state index contributed by atoms with van der Waals surface area (Å²) in [5, 5.41) is 0. The van der Waals surface area contributed by atoms with E-state index in [9.17, 15) is 9.59 Å². The monoisotopic (exact) mass is 599 g/mol. The van der Waals surface area contributed by atoms with E-state index in [-0.39, 0.29) is 18.0 Å². The van der Waals surface area contributed by atoms with Gasteiger partial charge >= 0.3 is 11.9 Å². The lowest BCUT2D eigenvalue weighted by atomic mass is 9.85. The molecule has 0 saturated heterocycles. The van der Waals surface area contributed by atoms with Crippen molar-refractivity contribution in [2.75, 3.05) is 27.3 Å². The molecule has 236 valence electrons. The highest BCUT2D eigenvalue weighted by atomic mass is 16.5. The van der Waals surface area contributed by atoms with E-state index < -0.39 is 0 Å². The van der Waals surface area contributed by atoms with Gasteiger partial charge in [-0.3, -0.25) is 9.69 Å². The van der Waals surface area contributed by atoms with Crippen LogP contribution < -0.4 is 0 Å². The summed E-state index contributed by atoms with van der Waals surface area (Å²) >= 11 is 0. The third-order valence-electron chi connectivity index (χ3n) is 8.75. The fraction of sp³-hybridized carbons (Fsp3) is 0.474. The molecule has 3 aromatic rings. The molecule has 0 unspecified atom stereocenters. The smallest absolute Gasteiger partial charge is 0.337 e. The van der Waals surface area contributed by atoms with Crippen LogP contribution >= 0.6 is 0 Å². The van der Waals surface area contributed by atoms with Crippen LogP contribution in [0.2, 0.25) is 0 Å². The minimum absolute atomic E-state index is 0.128. The molecule has 1 aliphatic rings. The van der Waals surface area contributed by atoms with Crippen molar-refractivity contribution in [1.29, 1.82) is 0 Å². The zero-order chi connectivity index (χ0) is 31.0. The standard InChI is InChI=1S/C38H49NO5/c1-42-37(40)15-9-10-26-39(27-32-22-24-35(25-23-32)38(41)43-2)28-36(34-13-7-4-8-14-34)44-29-33-20-18-31(19-21-33)17-16-30-11-5-3-6-12-30/h4,7-8,13-14,18-25,30,36H,3,5-6,9-12,15-17,26-29H2,1-2H3/t36-/m0/s1. The highest BCUT2D eigenvalue weighted by Gasteiger charge is 2.19. The lowest BCUT2D eigenvalue weighted by molar-refractivity contribution is -0.140. The van der Waals surface area contributed by atoms with E-state index in [1.807, 2.05) is 18.2 Å². The van der Waals surface area contributed by atoms with Crippen LogP contribution in [-0.4, -0.2) is 44.1 Å². The quantitative estimate of drug-likeness (QED) is 0.115. The summed E-state index contributed by atoms with van der Waals surface area (Å²) in [6, 6.07) is 26.9. The fourth-order valence-corrected chi connectivity index (χ4v) is 6.07. The highest BCUT2D eigenvalue weighted by Crippen LogP contribution is 2.28. The molecule has 1 saturated carbocycles. The first kappa shape index (κ1) is 33.4. The number of hydrogen-bond donors (Lipinski definition) is 0. The van der Waals surface area contributed by atoms with Gasteiger partial charge in [-0.2, -0.15) is 0 Å². The SMILES string of the molecule is COC(=O)CCCCN(Cc1ccc(C(=O)OC)cc1)C[C@H](OCc1ccc(CCC2CCCCC2)cc1)c1ccccc1. The minimum atomic E-state index is -0.342. The van der Waals surface area contributed by atoms with Crippen molar-refractivity contribution in [2.24, 2.45) is 5.92 Å². The number of benzene rings is 3. The van der Waals surface area contributed by atoms with Crippen LogP contribution in [0.5, 0.6) is 0 Å². The first-order valence-corrected chi connectivity index (χ1v) is 16.2. The largest absolute Gasteiger partial charge is 0.469 e. The summed E-state index contributed by atoms with van der Waals surface area (Å²) in [6.45, 7) is 2.73. The molecule has 4 rings (SSSR count). The number of rotatable bonds is 17. The Bertz CT molecular complexity index is 1250. The van der Waals surface area contributed by atoms with Gasteiger partial charge in [0.1, 0.15) is 0 Å². The van der Waals surface area contributed by atoms with Gasteiger partial charge in [0.2, 0.25) is 0 Å². The van der Waals surface area contributed by atoms with Crippen LogP contribution in [-0.2, 0) is 38.6 Å². The highest BCUT2D eigenvalue weighted by molar-refractivity contribution is 5.89. The zero-order valence-corrected chi connectivity index (χ0v) is 26.5. The van der Waals surface area contributed by atoms with Gasteiger partial charge in [-0.15, -0.1) is 0 Å². The van der Waals surface area contributed by atoms with Crippen LogP contribution in [0, 0.1) is 5.92 Å². The van der Waals surface area contributed by atoms with E-state index in [4.69, 9.17) is 14.2 Å². The lowest BCUT2D eigenvalue weighted by Gasteiger charge is -2.28. The van der Waals surface area contributed by atoms with Crippen LogP contribution in [0.15, 0.2) is 78.9 Å². The van der Waals surface area contributed by atoms with Crippen molar-refractivity contribution >= 4 is 11.9 Å². The Kier molecular flexibility index (Phi) is 13.9. The van der Waals surface area contributed by atoms with Crippen molar-refractivity contribution in [1.82, 2.24) is 4.90 Å². The Balaban J connectivity index is 1.40. The molecule has 0 N–H and O–H groups in total. The number of esters is 2. The first-order valence-electron chi connectivity index (χ1n) is 16.2. The number of unbranched alkanes of at least 4 members (excludes halogenated alkanes) is 1. The van der Waals surface area contributed by atoms with Crippen LogP contribution in [0.25, 0.3) is 0 Å². The van der Waals surface area contributed by atoms with Gasteiger partial charge in [-0.25, -0.2) is 4.79 Å². The van der Waals surface area contributed by atoms with Gasteiger partial charge in [0.15, 0.2) is 0 Å². The predicted molar refractivity (Wildman–Crippen MR) is 174 cm³/mol. The molecule has 0 amide bonds. The average Bonchev–Trinajstić information content (AvgIpc) is 3.08. The molecule has 6 heteroatoms. The van der Waals surface area contributed by atoms with Crippen molar-refractivity contribution in [3.05, 3.63) is 107 Å². The topological polar surface area (TPSA) is 65.1 Å². The predicted octanol–water partition coefficient (Wildman–Crippen LogP) is 8.09. The Morgan fingerprint density at radius 2 is 1.48 bits per heavy atom. The van der Waals surface area contributed by atoms with E-state index in [1.165, 1.54) is 63.9 Å². The summed E-state index contributed by atoms with van der Waals surface area (Å²) < 4.78 is 16.3. The molecule has 0 spiro atoms. The molecule has 0 radical (unpaired) electrons. The second kappa shape index (κ2) is 18.4. The molecule has 0 aromatic heterocycles. The van der Waals surface area contributed by atoms with Crippen LogP contribution in [0.3, 0.4) is 0 Å². The summed E-state index contributed by atoms with van der Waals surface area (Å²) in [6.07, 6.45) is 11.4. The lowest BCUT2D eigenvalue weighted by Crippen LogP contribution is -2.30.